The van der Waals surface area contributed by atoms with Crippen LogP contribution in [0.4, 0.5) is 0 Å². The Labute approximate surface area is 120 Å². The normalized spacial score (nSPS) is 21.9. The number of carbonyl (C=O) groups is 1. The van der Waals surface area contributed by atoms with Crippen LogP contribution >= 0.6 is 0 Å². The third-order valence-corrected chi connectivity index (χ3v) is 3.87. The SMILES string of the molecule is CCc1ccc(CN(C)C(=O)C2CCC(CN)O2)cc1. The minimum absolute atomic E-state index is 0.0428. The van der Waals surface area contributed by atoms with Crippen molar-refractivity contribution in [3.8, 4) is 0 Å². The highest BCUT2D eigenvalue weighted by Crippen LogP contribution is 2.21. The van der Waals surface area contributed by atoms with E-state index in [-0.39, 0.29) is 18.1 Å². The van der Waals surface area contributed by atoms with Crippen molar-refractivity contribution < 1.29 is 9.53 Å². The van der Waals surface area contributed by atoms with Crippen molar-refractivity contribution in [1.82, 2.24) is 4.90 Å². The van der Waals surface area contributed by atoms with Crippen LogP contribution in [0.1, 0.15) is 30.9 Å². The fraction of sp³-hybridized carbons (Fsp3) is 0.562. The summed E-state index contributed by atoms with van der Waals surface area (Å²) in [6.45, 7) is 3.25. The van der Waals surface area contributed by atoms with Crippen LogP contribution in [-0.4, -0.2) is 36.6 Å². The summed E-state index contributed by atoms with van der Waals surface area (Å²) < 4.78 is 5.65. The Kier molecular flexibility index (Phi) is 5.15. The molecule has 20 heavy (non-hydrogen) atoms. The lowest BCUT2D eigenvalue weighted by molar-refractivity contribution is -0.141. The lowest BCUT2D eigenvalue weighted by Crippen LogP contribution is -2.36. The van der Waals surface area contributed by atoms with Crippen molar-refractivity contribution >= 4 is 5.91 Å². The Morgan fingerprint density at radius 3 is 2.50 bits per heavy atom. The molecule has 0 saturated carbocycles. The number of aryl methyl sites for hydroxylation is 1. The number of rotatable bonds is 5. The van der Waals surface area contributed by atoms with Crippen LogP contribution in [0.5, 0.6) is 0 Å². The van der Waals surface area contributed by atoms with Gasteiger partial charge in [-0.1, -0.05) is 31.2 Å². The molecule has 110 valence electrons. The summed E-state index contributed by atoms with van der Waals surface area (Å²) in [4.78, 5) is 14.0. The first kappa shape index (κ1) is 15.0. The molecule has 4 heteroatoms. The monoisotopic (exact) mass is 276 g/mol. The zero-order valence-corrected chi connectivity index (χ0v) is 12.3. The van der Waals surface area contributed by atoms with E-state index in [4.69, 9.17) is 10.5 Å². The first-order chi connectivity index (χ1) is 9.63. The summed E-state index contributed by atoms with van der Waals surface area (Å²) in [7, 11) is 1.83. The number of likely N-dealkylation sites (N-methyl/N-ethyl adjacent to an activating group) is 1. The summed E-state index contributed by atoms with van der Waals surface area (Å²) in [5.74, 6) is 0.0560. The molecule has 0 aromatic heterocycles. The van der Waals surface area contributed by atoms with Gasteiger partial charge >= 0.3 is 0 Å². The van der Waals surface area contributed by atoms with Gasteiger partial charge in [0.15, 0.2) is 0 Å². The zero-order chi connectivity index (χ0) is 14.5. The summed E-state index contributed by atoms with van der Waals surface area (Å²) in [6.07, 6.45) is 2.42. The quantitative estimate of drug-likeness (QED) is 0.891. The lowest BCUT2D eigenvalue weighted by Gasteiger charge is -2.21. The van der Waals surface area contributed by atoms with Crippen LogP contribution in [0.15, 0.2) is 24.3 Å². The Morgan fingerprint density at radius 1 is 1.30 bits per heavy atom. The molecule has 1 aromatic rings. The molecule has 0 spiro atoms. The summed E-state index contributed by atoms with van der Waals surface area (Å²) in [5, 5.41) is 0. The number of ether oxygens (including phenoxy) is 1. The van der Waals surface area contributed by atoms with Gasteiger partial charge in [0.25, 0.3) is 5.91 Å². The van der Waals surface area contributed by atoms with E-state index >= 15 is 0 Å². The van der Waals surface area contributed by atoms with Gasteiger partial charge in [-0.3, -0.25) is 4.79 Å². The Bertz CT molecular complexity index is 444. The second-order valence-electron chi connectivity index (χ2n) is 5.42. The molecular weight excluding hydrogens is 252 g/mol. The number of hydrogen-bond donors (Lipinski definition) is 1. The first-order valence-corrected chi connectivity index (χ1v) is 7.32. The molecule has 0 aliphatic carbocycles. The number of amides is 1. The molecule has 1 aromatic carbocycles. The zero-order valence-electron chi connectivity index (χ0n) is 12.3. The van der Waals surface area contributed by atoms with E-state index < -0.39 is 0 Å². The fourth-order valence-corrected chi connectivity index (χ4v) is 2.54. The van der Waals surface area contributed by atoms with Crippen LogP contribution in [0.2, 0.25) is 0 Å². The van der Waals surface area contributed by atoms with E-state index in [9.17, 15) is 4.79 Å². The van der Waals surface area contributed by atoms with E-state index in [1.54, 1.807) is 4.90 Å². The van der Waals surface area contributed by atoms with Gasteiger partial charge < -0.3 is 15.4 Å². The van der Waals surface area contributed by atoms with E-state index in [0.29, 0.717) is 13.1 Å². The predicted molar refractivity (Wildman–Crippen MR) is 79.2 cm³/mol. The van der Waals surface area contributed by atoms with Crippen molar-refractivity contribution in [2.24, 2.45) is 5.73 Å². The highest BCUT2D eigenvalue weighted by Gasteiger charge is 2.31. The molecule has 4 nitrogen and oxygen atoms in total. The van der Waals surface area contributed by atoms with Crippen molar-refractivity contribution in [2.45, 2.75) is 44.9 Å². The molecule has 0 bridgehead atoms. The largest absolute Gasteiger partial charge is 0.364 e. The van der Waals surface area contributed by atoms with Crippen molar-refractivity contribution in [3.63, 3.8) is 0 Å². The topological polar surface area (TPSA) is 55.6 Å². The minimum Gasteiger partial charge on any atom is -0.364 e. The lowest BCUT2D eigenvalue weighted by atomic mass is 10.1. The maximum atomic E-state index is 12.3. The van der Waals surface area contributed by atoms with Gasteiger partial charge in [0, 0.05) is 20.1 Å². The Balaban J connectivity index is 1.90. The molecule has 0 radical (unpaired) electrons. The molecule has 1 amide bonds. The first-order valence-electron chi connectivity index (χ1n) is 7.32. The number of carbonyl (C=O) groups excluding carboxylic acids is 1. The minimum atomic E-state index is -0.316. The average molecular weight is 276 g/mol. The van der Waals surface area contributed by atoms with Crippen LogP contribution in [0.25, 0.3) is 0 Å². The van der Waals surface area contributed by atoms with Gasteiger partial charge in [0.1, 0.15) is 6.10 Å². The third-order valence-electron chi connectivity index (χ3n) is 3.87. The smallest absolute Gasteiger partial charge is 0.251 e. The van der Waals surface area contributed by atoms with Crippen molar-refractivity contribution in [3.05, 3.63) is 35.4 Å². The standard InChI is InChI=1S/C16H24N2O2/c1-3-12-4-6-13(7-5-12)11-18(2)16(19)15-9-8-14(10-17)20-15/h4-7,14-15H,3,8-11,17H2,1-2H3. The van der Waals surface area contributed by atoms with Gasteiger partial charge in [-0.25, -0.2) is 0 Å². The number of nitrogens with zero attached hydrogens (tertiary/aromatic N) is 1. The number of hydrogen-bond acceptors (Lipinski definition) is 3. The fourth-order valence-electron chi connectivity index (χ4n) is 2.54. The molecular formula is C16H24N2O2. The molecule has 1 aliphatic rings. The van der Waals surface area contributed by atoms with Gasteiger partial charge in [0.2, 0.25) is 0 Å². The molecule has 2 rings (SSSR count). The van der Waals surface area contributed by atoms with Crippen LogP contribution in [0, 0.1) is 0 Å². The second-order valence-corrected chi connectivity index (χ2v) is 5.42. The van der Waals surface area contributed by atoms with E-state index in [0.717, 1.165) is 24.8 Å². The molecule has 1 aliphatic heterocycles. The highest BCUT2D eigenvalue weighted by atomic mass is 16.5. The van der Waals surface area contributed by atoms with Gasteiger partial charge in [-0.15, -0.1) is 0 Å². The molecule has 2 atom stereocenters. The number of nitrogens with two attached hydrogens (primary N) is 1. The van der Waals surface area contributed by atoms with Crippen LogP contribution in [0.3, 0.4) is 0 Å². The summed E-state index contributed by atoms with van der Waals surface area (Å²) >= 11 is 0. The van der Waals surface area contributed by atoms with Gasteiger partial charge in [-0.05, 0) is 30.4 Å². The highest BCUT2D eigenvalue weighted by molar-refractivity contribution is 5.81. The molecule has 1 fully saturated rings. The van der Waals surface area contributed by atoms with Crippen molar-refractivity contribution in [2.75, 3.05) is 13.6 Å². The average Bonchev–Trinajstić information content (AvgIpc) is 2.96. The van der Waals surface area contributed by atoms with E-state index in [2.05, 4.69) is 31.2 Å². The van der Waals surface area contributed by atoms with Crippen molar-refractivity contribution in [1.29, 1.82) is 0 Å². The predicted octanol–water partition coefficient (Wildman–Crippen LogP) is 1.71. The van der Waals surface area contributed by atoms with Gasteiger partial charge in [0.05, 0.1) is 6.10 Å². The third kappa shape index (κ3) is 3.58. The van der Waals surface area contributed by atoms with E-state index in [1.807, 2.05) is 7.05 Å². The Hall–Kier alpha value is -1.39. The summed E-state index contributed by atoms with van der Waals surface area (Å²) in [6, 6.07) is 8.40. The maximum absolute atomic E-state index is 12.3. The number of benzene rings is 1. The molecule has 2 N–H and O–H groups in total. The molecule has 1 saturated heterocycles. The summed E-state index contributed by atoms with van der Waals surface area (Å²) in [5.41, 5.74) is 8.03. The van der Waals surface area contributed by atoms with Crippen LogP contribution in [-0.2, 0) is 22.5 Å². The Morgan fingerprint density at radius 2 is 1.95 bits per heavy atom. The molecule has 1 heterocycles. The molecule has 2 unspecified atom stereocenters. The van der Waals surface area contributed by atoms with E-state index in [1.165, 1.54) is 5.56 Å². The van der Waals surface area contributed by atoms with Crippen LogP contribution < -0.4 is 5.73 Å². The maximum Gasteiger partial charge on any atom is 0.251 e. The van der Waals surface area contributed by atoms with Gasteiger partial charge in [-0.2, -0.15) is 0 Å². The second kappa shape index (κ2) is 6.86.